The highest BCUT2D eigenvalue weighted by Gasteiger charge is 2.31. The molecule has 7 nitrogen and oxygen atoms in total. The third kappa shape index (κ3) is 3.79. The van der Waals surface area contributed by atoms with Gasteiger partial charge in [0.25, 0.3) is 0 Å². The van der Waals surface area contributed by atoms with E-state index in [0.717, 1.165) is 5.82 Å². The summed E-state index contributed by atoms with van der Waals surface area (Å²) in [7, 11) is -1.97. The van der Waals surface area contributed by atoms with E-state index in [9.17, 15) is 12.8 Å². The number of benzene rings is 1. The van der Waals surface area contributed by atoms with Crippen LogP contribution in [0.15, 0.2) is 29.4 Å². The van der Waals surface area contributed by atoms with Gasteiger partial charge in [0.2, 0.25) is 10.0 Å². The fourth-order valence-corrected chi connectivity index (χ4v) is 4.79. The van der Waals surface area contributed by atoms with Gasteiger partial charge in [0, 0.05) is 32.7 Å². The lowest BCUT2D eigenvalue weighted by atomic mass is 10.1. The van der Waals surface area contributed by atoms with Gasteiger partial charge in [-0.3, -0.25) is 0 Å². The number of piperidine rings is 1. The number of halogens is 1. The van der Waals surface area contributed by atoms with E-state index in [-0.39, 0.29) is 10.9 Å². The van der Waals surface area contributed by atoms with Crippen LogP contribution in [-0.4, -0.2) is 54.3 Å². The van der Waals surface area contributed by atoms with Gasteiger partial charge in [-0.2, -0.15) is 4.31 Å². The van der Waals surface area contributed by atoms with E-state index >= 15 is 0 Å². The Morgan fingerprint density at radius 3 is 2.69 bits per heavy atom. The number of aryl methyl sites for hydroxylation is 1. The second-order valence-electron chi connectivity index (χ2n) is 6.44. The van der Waals surface area contributed by atoms with Crippen LogP contribution >= 0.6 is 0 Å². The highest BCUT2D eigenvalue weighted by molar-refractivity contribution is 7.89. The van der Waals surface area contributed by atoms with Crippen molar-refractivity contribution in [1.82, 2.24) is 19.1 Å². The molecule has 142 valence electrons. The molecule has 0 bridgehead atoms. The molecular formula is C17H23FN4O3S. The molecule has 2 aromatic rings. The molecule has 0 saturated carbocycles. The van der Waals surface area contributed by atoms with Crippen LogP contribution < -0.4 is 0 Å². The summed E-state index contributed by atoms with van der Waals surface area (Å²) < 4.78 is 47.6. The summed E-state index contributed by atoms with van der Waals surface area (Å²) in [6.45, 7) is 2.95. The van der Waals surface area contributed by atoms with E-state index in [1.54, 1.807) is 20.4 Å². The van der Waals surface area contributed by atoms with Gasteiger partial charge in [0.05, 0.1) is 11.5 Å². The average molecular weight is 382 g/mol. The van der Waals surface area contributed by atoms with Crippen molar-refractivity contribution in [2.24, 2.45) is 0 Å². The van der Waals surface area contributed by atoms with Crippen LogP contribution in [0.3, 0.4) is 0 Å². The lowest BCUT2D eigenvalue weighted by molar-refractivity contribution is 0.197. The van der Waals surface area contributed by atoms with E-state index in [2.05, 4.69) is 10.2 Å². The Labute approximate surface area is 152 Å². The Kier molecular flexibility index (Phi) is 5.69. The molecule has 1 aromatic carbocycles. The van der Waals surface area contributed by atoms with Crippen LogP contribution in [-0.2, 0) is 21.2 Å². The number of rotatable bonds is 6. The fourth-order valence-electron chi connectivity index (χ4n) is 3.23. The van der Waals surface area contributed by atoms with Gasteiger partial charge in [-0.05, 0) is 43.5 Å². The van der Waals surface area contributed by atoms with E-state index in [1.807, 2.05) is 4.57 Å². The zero-order valence-electron chi connectivity index (χ0n) is 14.9. The Balaban J connectivity index is 1.70. The topological polar surface area (TPSA) is 77.3 Å². The summed E-state index contributed by atoms with van der Waals surface area (Å²) in [6.07, 6.45) is 3.72. The van der Waals surface area contributed by atoms with Crippen LogP contribution in [0.25, 0.3) is 0 Å². The largest absolute Gasteiger partial charge is 0.384 e. The molecule has 1 aliphatic heterocycles. The second kappa shape index (κ2) is 7.81. The number of hydrogen-bond acceptors (Lipinski definition) is 5. The molecule has 1 fully saturated rings. The van der Waals surface area contributed by atoms with Crippen molar-refractivity contribution in [2.45, 2.75) is 37.1 Å². The van der Waals surface area contributed by atoms with Crippen LogP contribution in [0.2, 0.25) is 0 Å². The molecule has 0 atom stereocenters. The molecule has 3 rings (SSSR count). The van der Waals surface area contributed by atoms with Crippen molar-refractivity contribution in [1.29, 1.82) is 0 Å². The predicted octanol–water partition coefficient (Wildman–Crippen LogP) is 1.94. The van der Waals surface area contributed by atoms with Gasteiger partial charge in [-0.15, -0.1) is 10.2 Å². The number of hydrogen-bond donors (Lipinski definition) is 0. The molecule has 2 heterocycles. The van der Waals surface area contributed by atoms with Crippen LogP contribution in [0.4, 0.5) is 4.39 Å². The molecule has 0 radical (unpaired) electrons. The molecule has 0 aliphatic carbocycles. The number of aromatic nitrogens is 3. The van der Waals surface area contributed by atoms with E-state index in [1.165, 1.54) is 22.5 Å². The quantitative estimate of drug-likeness (QED) is 0.763. The molecule has 1 saturated heterocycles. The highest BCUT2D eigenvalue weighted by atomic mass is 32.2. The normalized spacial score (nSPS) is 16.9. The Bertz CT molecular complexity index is 861. The van der Waals surface area contributed by atoms with Crippen molar-refractivity contribution in [3.63, 3.8) is 0 Å². The Morgan fingerprint density at radius 1 is 1.31 bits per heavy atom. The van der Waals surface area contributed by atoms with Gasteiger partial charge in [-0.1, -0.05) is 0 Å². The first kappa shape index (κ1) is 18.9. The van der Waals surface area contributed by atoms with Gasteiger partial charge < -0.3 is 9.30 Å². The standard InChI is InChI=1S/C17H23FN4O3S/c1-13-11-15(3-4-16(13)18)26(23,24)21-8-5-14(6-9-21)22-12-19-20-17(22)7-10-25-2/h3-4,11-12,14H,5-10H2,1-2H3. The van der Waals surface area contributed by atoms with Crippen molar-refractivity contribution >= 4 is 10.0 Å². The molecule has 0 spiro atoms. The van der Waals surface area contributed by atoms with Gasteiger partial charge in [0.15, 0.2) is 0 Å². The monoisotopic (exact) mass is 382 g/mol. The van der Waals surface area contributed by atoms with Gasteiger partial charge >= 0.3 is 0 Å². The predicted molar refractivity (Wildman–Crippen MR) is 93.8 cm³/mol. The number of nitrogens with zero attached hydrogens (tertiary/aromatic N) is 4. The molecule has 26 heavy (non-hydrogen) atoms. The van der Waals surface area contributed by atoms with Crippen LogP contribution in [0.1, 0.15) is 30.3 Å². The lowest BCUT2D eigenvalue weighted by Crippen LogP contribution is -2.39. The molecule has 0 amide bonds. The van der Waals surface area contributed by atoms with E-state index in [4.69, 9.17) is 4.74 Å². The summed E-state index contributed by atoms with van der Waals surface area (Å²) in [5, 5.41) is 8.10. The zero-order valence-corrected chi connectivity index (χ0v) is 15.7. The lowest BCUT2D eigenvalue weighted by Gasteiger charge is -2.32. The van der Waals surface area contributed by atoms with Crippen LogP contribution in [0.5, 0.6) is 0 Å². The number of ether oxygens (including phenoxy) is 1. The minimum absolute atomic E-state index is 0.139. The number of methoxy groups -OCH3 is 1. The molecule has 1 aromatic heterocycles. The first-order chi connectivity index (χ1) is 12.4. The summed E-state index contributed by atoms with van der Waals surface area (Å²) in [5.41, 5.74) is 0.327. The summed E-state index contributed by atoms with van der Waals surface area (Å²) in [5.74, 6) is 0.446. The number of sulfonamides is 1. The van der Waals surface area contributed by atoms with Crippen molar-refractivity contribution in [3.8, 4) is 0 Å². The molecular weight excluding hydrogens is 359 g/mol. The first-order valence-electron chi connectivity index (χ1n) is 8.57. The first-order valence-corrected chi connectivity index (χ1v) is 10.0. The smallest absolute Gasteiger partial charge is 0.243 e. The zero-order chi connectivity index (χ0) is 18.7. The fraction of sp³-hybridized carbons (Fsp3) is 0.529. The molecule has 0 unspecified atom stereocenters. The maximum Gasteiger partial charge on any atom is 0.243 e. The third-order valence-electron chi connectivity index (χ3n) is 4.76. The van der Waals surface area contributed by atoms with E-state index in [0.29, 0.717) is 44.5 Å². The summed E-state index contributed by atoms with van der Waals surface area (Å²) in [4.78, 5) is 0.139. The second-order valence-corrected chi connectivity index (χ2v) is 8.38. The highest BCUT2D eigenvalue weighted by Crippen LogP contribution is 2.28. The molecule has 9 heteroatoms. The van der Waals surface area contributed by atoms with E-state index < -0.39 is 15.8 Å². The van der Waals surface area contributed by atoms with Crippen molar-refractivity contribution in [2.75, 3.05) is 26.8 Å². The SMILES string of the molecule is COCCc1nncn1C1CCN(S(=O)(=O)c2ccc(F)c(C)c2)CC1. The minimum atomic E-state index is -3.61. The van der Waals surface area contributed by atoms with Gasteiger partial charge in [0.1, 0.15) is 18.0 Å². The summed E-state index contributed by atoms with van der Waals surface area (Å²) in [6, 6.07) is 4.08. The van der Waals surface area contributed by atoms with Crippen molar-refractivity contribution < 1.29 is 17.5 Å². The Morgan fingerprint density at radius 2 is 2.04 bits per heavy atom. The average Bonchev–Trinajstić information content (AvgIpc) is 3.10. The summed E-state index contributed by atoms with van der Waals surface area (Å²) >= 11 is 0. The minimum Gasteiger partial charge on any atom is -0.384 e. The molecule has 0 N–H and O–H groups in total. The van der Waals surface area contributed by atoms with Crippen LogP contribution in [0, 0.1) is 12.7 Å². The Hall–Kier alpha value is -1.84. The third-order valence-corrected chi connectivity index (χ3v) is 6.66. The maximum absolute atomic E-state index is 13.4. The van der Waals surface area contributed by atoms with Gasteiger partial charge in [-0.25, -0.2) is 12.8 Å². The maximum atomic E-state index is 13.4. The van der Waals surface area contributed by atoms with Crippen molar-refractivity contribution in [3.05, 3.63) is 41.7 Å². The molecule has 1 aliphatic rings.